The number of fused-ring (bicyclic) bond motifs is 1. The zero-order valence-corrected chi connectivity index (χ0v) is 11.1. The Hall–Kier alpha value is -1.12. The molecule has 2 aliphatic carbocycles. The standard InChI is InChI=1S/C15H22O3/c1-18-15(17)5-3-2-4-11-8-12-6-7-13(10-16)14(12)9-11/h4,10,12-14H,2-3,5-9H2,1H3/b11-4+/t12-,13-,14+/m1/s1. The highest BCUT2D eigenvalue weighted by molar-refractivity contribution is 5.69. The van der Waals surface area contributed by atoms with Gasteiger partial charge in [-0.25, -0.2) is 0 Å². The van der Waals surface area contributed by atoms with Crippen molar-refractivity contribution >= 4 is 12.3 Å². The van der Waals surface area contributed by atoms with Gasteiger partial charge in [0.1, 0.15) is 6.29 Å². The molecule has 2 rings (SSSR count). The molecule has 100 valence electrons. The van der Waals surface area contributed by atoms with Gasteiger partial charge in [-0.15, -0.1) is 0 Å². The zero-order valence-electron chi connectivity index (χ0n) is 11.1. The summed E-state index contributed by atoms with van der Waals surface area (Å²) in [6, 6.07) is 0. The van der Waals surface area contributed by atoms with Gasteiger partial charge in [-0.2, -0.15) is 0 Å². The van der Waals surface area contributed by atoms with Crippen LogP contribution in [0, 0.1) is 17.8 Å². The molecule has 0 N–H and O–H groups in total. The molecule has 2 aliphatic rings. The van der Waals surface area contributed by atoms with E-state index in [2.05, 4.69) is 10.8 Å². The number of rotatable bonds is 5. The van der Waals surface area contributed by atoms with E-state index in [1.54, 1.807) is 0 Å². The van der Waals surface area contributed by atoms with Gasteiger partial charge in [0.2, 0.25) is 0 Å². The van der Waals surface area contributed by atoms with E-state index in [1.807, 2.05) is 0 Å². The maximum atomic E-state index is 11.0. The van der Waals surface area contributed by atoms with Crippen molar-refractivity contribution in [1.29, 1.82) is 0 Å². The van der Waals surface area contributed by atoms with Gasteiger partial charge in [-0.05, 0) is 50.4 Å². The van der Waals surface area contributed by atoms with Gasteiger partial charge in [-0.3, -0.25) is 4.79 Å². The van der Waals surface area contributed by atoms with Crippen LogP contribution in [0.2, 0.25) is 0 Å². The number of allylic oxidation sites excluding steroid dienone is 2. The molecule has 0 saturated heterocycles. The molecule has 2 saturated carbocycles. The summed E-state index contributed by atoms with van der Waals surface area (Å²) in [6.07, 6.45) is 10.3. The number of ether oxygens (including phenoxy) is 1. The topological polar surface area (TPSA) is 43.4 Å². The molecule has 0 bridgehead atoms. The Morgan fingerprint density at radius 2 is 2.22 bits per heavy atom. The fourth-order valence-electron chi connectivity index (χ4n) is 3.47. The summed E-state index contributed by atoms with van der Waals surface area (Å²) >= 11 is 0. The fraction of sp³-hybridized carbons (Fsp3) is 0.733. The molecule has 0 aromatic heterocycles. The van der Waals surface area contributed by atoms with Crippen LogP contribution in [0.3, 0.4) is 0 Å². The number of esters is 1. The number of hydrogen-bond acceptors (Lipinski definition) is 3. The number of carbonyl (C=O) groups excluding carboxylic acids is 2. The monoisotopic (exact) mass is 250 g/mol. The molecule has 0 spiro atoms. The lowest BCUT2D eigenvalue weighted by atomic mass is 9.93. The van der Waals surface area contributed by atoms with Gasteiger partial charge < -0.3 is 9.53 Å². The Balaban J connectivity index is 1.75. The molecule has 0 amide bonds. The van der Waals surface area contributed by atoms with Crippen LogP contribution in [0.5, 0.6) is 0 Å². The third-order valence-electron chi connectivity index (χ3n) is 4.47. The summed E-state index contributed by atoms with van der Waals surface area (Å²) in [7, 11) is 1.43. The van der Waals surface area contributed by atoms with E-state index in [4.69, 9.17) is 0 Å². The van der Waals surface area contributed by atoms with Crippen molar-refractivity contribution in [3.05, 3.63) is 11.6 Å². The minimum atomic E-state index is -0.127. The van der Waals surface area contributed by atoms with E-state index in [1.165, 1.54) is 25.5 Å². The van der Waals surface area contributed by atoms with E-state index in [-0.39, 0.29) is 5.97 Å². The molecule has 0 radical (unpaired) electrons. The summed E-state index contributed by atoms with van der Waals surface area (Å²) in [5.74, 6) is 1.52. The Labute approximate surface area is 109 Å². The van der Waals surface area contributed by atoms with Crippen LogP contribution in [-0.2, 0) is 14.3 Å². The highest BCUT2D eigenvalue weighted by Crippen LogP contribution is 2.49. The van der Waals surface area contributed by atoms with Gasteiger partial charge in [0, 0.05) is 12.3 Å². The average Bonchev–Trinajstić information content (AvgIpc) is 2.93. The minimum Gasteiger partial charge on any atom is -0.469 e. The lowest BCUT2D eigenvalue weighted by molar-refractivity contribution is -0.140. The van der Waals surface area contributed by atoms with Gasteiger partial charge >= 0.3 is 5.97 Å². The predicted octanol–water partition coefficient (Wildman–Crippen LogP) is 2.89. The highest BCUT2D eigenvalue weighted by Gasteiger charge is 2.40. The zero-order chi connectivity index (χ0) is 13.0. The highest BCUT2D eigenvalue weighted by atomic mass is 16.5. The molecule has 2 fully saturated rings. The Kier molecular flexibility index (Phi) is 4.56. The van der Waals surface area contributed by atoms with E-state index in [0.717, 1.165) is 37.9 Å². The Morgan fingerprint density at radius 1 is 1.39 bits per heavy atom. The number of unbranched alkanes of at least 4 members (excludes halogenated alkanes) is 1. The maximum Gasteiger partial charge on any atom is 0.305 e. The quantitative estimate of drug-likeness (QED) is 0.326. The largest absolute Gasteiger partial charge is 0.469 e. The van der Waals surface area contributed by atoms with Crippen LogP contribution in [0.25, 0.3) is 0 Å². The predicted molar refractivity (Wildman–Crippen MR) is 69.0 cm³/mol. The van der Waals surface area contributed by atoms with Gasteiger partial charge in [0.05, 0.1) is 7.11 Å². The maximum absolute atomic E-state index is 11.0. The normalized spacial score (nSPS) is 32.5. The summed E-state index contributed by atoms with van der Waals surface area (Å²) in [6.45, 7) is 0. The Morgan fingerprint density at radius 3 is 2.94 bits per heavy atom. The first-order chi connectivity index (χ1) is 8.74. The lowest BCUT2D eigenvalue weighted by Gasteiger charge is -2.10. The summed E-state index contributed by atoms with van der Waals surface area (Å²) in [4.78, 5) is 21.9. The average molecular weight is 250 g/mol. The molecular formula is C15H22O3. The molecule has 3 atom stereocenters. The molecule has 0 aromatic carbocycles. The second-order valence-electron chi connectivity index (χ2n) is 5.54. The number of methoxy groups -OCH3 is 1. The second kappa shape index (κ2) is 6.17. The van der Waals surface area contributed by atoms with Crippen LogP contribution >= 0.6 is 0 Å². The molecule has 0 aromatic rings. The van der Waals surface area contributed by atoms with E-state index >= 15 is 0 Å². The number of aldehydes is 1. The summed E-state index contributed by atoms with van der Waals surface area (Å²) in [5.41, 5.74) is 1.50. The van der Waals surface area contributed by atoms with Crippen molar-refractivity contribution in [2.24, 2.45) is 17.8 Å². The molecule has 0 unspecified atom stereocenters. The van der Waals surface area contributed by atoms with Crippen molar-refractivity contribution in [2.75, 3.05) is 7.11 Å². The van der Waals surface area contributed by atoms with Crippen LogP contribution in [0.15, 0.2) is 11.6 Å². The van der Waals surface area contributed by atoms with Gasteiger partial charge in [0.25, 0.3) is 0 Å². The first-order valence-electron chi connectivity index (χ1n) is 6.94. The first-order valence-corrected chi connectivity index (χ1v) is 6.94. The summed E-state index contributed by atoms with van der Waals surface area (Å²) in [5, 5.41) is 0. The lowest BCUT2D eigenvalue weighted by Crippen LogP contribution is -2.09. The van der Waals surface area contributed by atoms with Gasteiger partial charge in [0.15, 0.2) is 0 Å². The molecule has 0 aliphatic heterocycles. The third kappa shape index (κ3) is 3.01. The van der Waals surface area contributed by atoms with E-state index in [9.17, 15) is 9.59 Å². The second-order valence-corrected chi connectivity index (χ2v) is 5.54. The molecule has 18 heavy (non-hydrogen) atoms. The van der Waals surface area contributed by atoms with Crippen molar-refractivity contribution in [1.82, 2.24) is 0 Å². The van der Waals surface area contributed by atoms with E-state index in [0.29, 0.717) is 18.3 Å². The smallest absolute Gasteiger partial charge is 0.305 e. The summed E-state index contributed by atoms with van der Waals surface area (Å²) < 4.78 is 4.61. The van der Waals surface area contributed by atoms with Crippen molar-refractivity contribution in [2.45, 2.75) is 44.9 Å². The molecule has 3 nitrogen and oxygen atoms in total. The Bertz CT molecular complexity index is 346. The van der Waals surface area contributed by atoms with Gasteiger partial charge in [-0.1, -0.05) is 11.6 Å². The van der Waals surface area contributed by atoms with Crippen LogP contribution in [0.1, 0.15) is 44.9 Å². The molecule has 0 heterocycles. The van der Waals surface area contributed by atoms with Crippen LogP contribution < -0.4 is 0 Å². The van der Waals surface area contributed by atoms with E-state index < -0.39 is 0 Å². The van der Waals surface area contributed by atoms with Crippen LogP contribution in [-0.4, -0.2) is 19.4 Å². The number of hydrogen-bond donors (Lipinski definition) is 0. The fourth-order valence-corrected chi connectivity index (χ4v) is 3.47. The van der Waals surface area contributed by atoms with Crippen molar-refractivity contribution in [3.8, 4) is 0 Å². The van der Waals surface area contributed by atoms with Crippen molar-refractivity contribution in [3.63, 3.8) is 0 Å². The SMILES string of the molecule is COC(=O)CCC/C=C1\C[C@H]2CC[C@H](C=O)[C@H]2C1. The number of carbonyl (C=O) groups is 2. The third-order valence-corrected chi connectivity index (χ3v) is 4.47. The molecule has 3 heteroatoms. The van der Waals surface area contributed by atoms with Crippen molar-refractivity contribution < 1.29 is 14.3 Å². The first kappa shape index (κ1) is 13.3. The van der Waals surface area contributed by atoms with Crippen LogP contribution in [0.4, 0.5) is 0 Å². The molecular weight excluding hydrogens is 228 g/mol. The minimum absolute atomic E-state index is 0.127.